The molecule has 0 saturated heterocycles. The molecule has 0 aliphatic heterocycles. The number of carbonyl (C=O) groups is 1. The molecule has 1 aromatic rings. The number of nitrogens with zero attached hydrogens (tertiary/aromatic N) is 2. The van der Waals surface area contributed by atoms with Gasteiger partial charge in [0.1, 0.15) is 5.69 Å². The SMILES string of the molecule is CCn1nc(C)cc1C(=O)NCC(CC)(CC)CN. The van der Waals surface area contributed by atoms with Crippen LogP contribution in [0.25, 0.3) is 0 Å². The zero-order valence-corrected chi connectivity index (χ0v) is 12.5. The third kappa shape index (κ3) is 3.56. The van der Waals surface area contributed by atoms with Gasteiger partial charge in [0, 0.05) is 13.1 Å². The number of aryl methyl sites for hydroxylation is 2. The van der Waals surface area contributed by atoms with E-state index in [0.29, 0.717) is 25.3 Å². The lowest BCUT2D eigenvalue weighted by Gasteiger charge is -2.30. The van der Waals surface area contributed by atoms with Crippen LogP contribution in [0.4, 0.5) is 0 Å². The summed E-state index contributed by atoms with van der Waals surface area (Å²) in [5, 5.41) is 7.29. The molecule has 0 saturated carbocycles. The number of nitrogens with two attached hydrogens (primary N) is 1. The number of rotatable bonds is 7. The van der Waals surface area contributed by atoms with E-state index in [2.05, 4.69) is 24.3 Å². The van der Waals surface area contributed by atoms with E-state index in [4.69, 9.17) is 5.73 Å². The van der Waals surface area contributed by atoms with Gasteiger partial charge in [0.15, 0.2) is 0 Å². The Kier molecular flexibility index (Phi) is 5.54. The molecule has 3 N–H and O–H groups in total. The summed E-state index contributed by atoms with van der Waals surface area (Å²) in [6.45, 7) is 10.00. The van der Waals surface area contributed by atoms with Crippen LogP contribution >= 0.6 is 0 Å². The monoisotopic (exact) mass is 266 g/mol. The number of amides is 1. The van der Waals surface area contributed by atoms with E-state index < -0.39 is 0 Å². The van der Waals surface area contributed by atoms with Gasteiger partial charge in [0.25, 0.3) is 5.91 Å². The smallest absolute Gasteiger partial charge is 0.269 e. The number of aromatic nitrogens is 2. The van der Waals surface area contributed by atoms with Crippen molar-refractivity contribution in [1.82, 2.24) is 15.1 Å². The number of nitrogens with one attached hydrogen (secondary N) is 1. The van der Waals surface area contributed by atoms with Crippen molar-refractivity contribution in [3.05, 3.63) is 17.5 Å². The molecular weight excluding hydrogens is 240 g/mol. The maximum Gasteiger partial charge on any atom is 0.269 e. The van der Waals surface area contributed by atoms with Gasteiger partial charge in [-0.3, -0.25) is 9.48 Å². The third-order valence-corrected chi connectivity index (χ3v) is 3.99. The second-order valence-corrected chi connectivity index (χ2v) is 5.08. The normalized spacial score (nSPS) is 11.6. The van der Waals surface area contributed by atoms with Crippen LogP contribution in [0.3, 0.4) is 0 Å². The van der Waals surface area contributed by atoms with Crippen LogP contribution < -0.4 is 11.1 Å². The van der Waals surface area contributed by atoms with Gasteiger partial charge in [-0.25, -0.2) is 0 Å². The first kappa shape index (κ1) is 15.7. The van der Waals surface area contributed by atoms with Gasteiger partial charge < -0.3 is 11.1 Å². The lowest BCUT2D eigenvalue weighted by Crippen LogP contribution is -2.42. The summed E-state index contributed by atoms with van der Waals surface area (Å²) in [6, 6.07) is 1.82. The highest BCUT2D eigenvalue weighted by Crippen LogP contribution is 2.23. The average Bonchev–Trinajstić information content (AvgIpc) is 2.82. The van der Waals surface area contributed by atoms with Crippen LogP contribution in [0.15, 0.2) is 6.07 Å². The highest BCUT2D eigenvalue weighted by atomic mass is 16.2. The summed E-state index contributed by atoms with van der Waals surface area (Å²) >= 11 is 0. The van der Waals surface area contributed by atoms with E-state index in [1.165, 1.54) is 0 Å². The molecule has 0 aliphatic carbocycles. The molecule has 19 heavy (non-hydrogen) atoms. The Labute approximate surface area is 115 Å². The quantitative estimate of drug-likeness (QED) is 0.789. The Morgan fingerprint density at radius 3 is 2.53 bits per heavy atom. The van der Waals surface area contributed by atoms with E-state index >= 15 is 0 Å². The largest absolute Gasteiger partial charge is 0.350 e. The fraction of sp³-hybridized carbons (Fsp3) is 0.714. The van der Waals surface area contributed by atoms with Crippen molar-refractivity contribution >= 4 is 5.91 Å². The minimum Gasteiger partial charge on any atom is -0.350 e. The van der Waals surface area contributed by atoms with E-state index in [0.717, 1.165) is 18.5 Å². The van der Waals surface area contributed by atoms with E-state index in [1.807, 2.05) is 19.9 Å². The summed E-state index contributed by atoms with van der Waals surface area (Å²) in [6.07, 6.45) is 1.93. The molecule has 0 radical (unpaired) electrons. The molecule has 0 spiro atoms. The Bertz CT molecular complexity index is 413. The predicted molar refractivity (Wildman–Crippen MR) is 77.0 cm³/mol. The van der Waals surface area contributed by atoms with E-state index in [1.54, 1.807) is 4.68 Å². The van der Waals surface area contributed by atoms with Crippen molar-refractivity contribution in [1.29, 1.82) is 0 Å². The highest BCUT2D eigenvalue weighted by molar-refractivity contribution is 5.92. The Balaban J connectivity index is 2.74. The van der Waals surface area contributed by atoms with Gasteiger partial charge >= 0.3 is 0 Å². The second-order valence-electron chi connectivity index (χ2n) is 5.08. The summed E-state index contributed by atoms with van der Waals surface area (Å²) < 4.78 is 1.73. The molecule has 0 fully saturated rings. The van der Waals surface area contributed by atoms with Crippen LogP contribution in [-0.2, 0) is 6.54 Å². The van der Waals surface area contributed by atoms with Gasteiger partial charge in [-0.15, -0.1) is 0 Å². The van der Waals surface area contributed by atoms with Crippen LogP contribution in [-0.4, -0.2) is 28.8 Å². The number of carbonyl (C=O) groups excluding carboxylic acids is 1. The fourth-order valence-electron chi connectivity index (χ4n) is 2.19. The first-order chi connectivity index (χ1) is 9.01. The van der Waals surface area contributed by atoms with Crippen molar-refractivity contribution in [2.24, 2.45) is 11.1 Å². The van der Waals surface area contributed by atoms with Crippen molar-refractivity contribution in [2.75, 3.05) is 13.1 Å². The van der Waals surface area contributed by atoms with Crippen molar-refractivity contribution in [3.63, 3.8) is 0 Å². The van der Waals surface area contributed by atoms with E-state index in [9.17, 15) is 4.79 Å². The zero-order valence-electron chi connectivity index (χ0n) is 12.5. The number of hydrogen-bond donors (Lipinski definition) is 2. The van der Waals surface area contributed by atoms with Crippen LogP contribution in [0, 0.1) is 12.3 Å². The third-order valence-electron chi connectivity index (χ3n) is 3.99. The summed E-state index contributed by atoms with van der Waals surface area (Å²) in [5.74, 6) is -0.0674. The molecule has 1 amide bonds. The van der Waals surface area contributed by atoms with Crippen LogP contribution in [0.5, 0.6) is 0 Å². The molecule has 0 aliphatic rings. The minimum atomic E-state index is -0.0674. The van der Waals surface area contributed by atoms with Crippen LogP contribution in [0.1, 0.15) is 49.8 Å². The Morgan fingerprint density at radius 2 is 2.05 bits per heavy atom. The van der Waals surface area contributed by atoms with Gasteiger partial charge in [-0.1, -0.05) is 13.8 Å². The molecule has 0 aromatic carbocycles. The fourth-order valence-corrected chi connectivity index (χ4v) is 2.19. The summed E-state index contributed by atoms with van der Waals surface area (Å²) in [7, 11) is 0. The first-order valence-corrected chi connectivity index (χ1v) is 7.04. The minimum absolute atomic E-state index is 0.00176. The topological polar surface area (TPSA) is 72.9 Å². The van der Waals surface area contributed by atoms with E-state index in [-0.39, 0.29) is 11.3 Å². The molecule has 1 aromatic heterocycles. The second kappa shape index (κ2) is 6.70. The number of hydrogen-bond acceptors (Lipinski definition) is 3. The lowest BCUT2D eigenvalue weighted by atomic mass is 9.82. The highest BCUT2D eigenvalue weighted by Gasteiger charge is 2.25. The maximum absolute atomic E-state index is 12.2. The molecule has 108 valence electrons. The average molecular weight is 266 g/mol. The molecule has 1 rings (SSSR count). The summed E-state index contributed by atoms with van der Waals surface area (Å²) in [4.78, 5) is 12.2. The summed E-state index contributed by atoms with van der Waals surface area (Å²) in [5.41, 5.74) is 7.33. The Morgan fingerprint density at radius 1 is 1.42 bits per heavy atom. The Hall–Kier alpha value is -1.36. The zero-order chi connectivity index (χ0) is 14.5. The molecule has 5 heteroatoms. The van der Waals surface area contributed by atoms with Gasteiger partial charge in [0.05, 0.1) is 5.69 Å². The molecule has 0 unspecified atom stereocenters. The van der Waals surface area contributed by atoms with Crippen molar-refractivity contribution < 1.29 is 4.79 Å². The molecule has 0 bridgehead atoms. The molecule has 5 nitrogen and oxygen atoms in total. The van der Waals surface area contributed by atoms with Gasteiger partial charge in [-0.2, -0.15) is 5.10 Å². The molecule has 0 atom stereocenters. The predicted octanol–water partition coefficient (Wildman–Crippen LogP) is 1.71. The van der Waals surface area contributed by atoms with Crippen molar-refractivity contribution in [3.8, 4) is 0 Å². The molecular formula is C14H26N4O. The first-order valence-electron chi connectivity index (χ1n) is 7.04. The van der Waals surface area contributed by atoms with Gasteiger partial charge in [-0.05, 0) is 44.7 Å². The standard InChI is InChI=1S/C14H26N4O/c1-5-14(6-2,9-15)10-16-13(19)12-8-11(4)17-18(12)7-3/h8H,5-7,9-10,15H2,1-4H3,(H,16,19). The molecule has 1 heterocycles. The van der Waals surface area contributed by atoms with Crippen LogP contribution in [0.2, 0.25) is 0 Å². The van der Waals surface area contributed by atoms with Crippen molar-refractivity contribution in [2.45, 2.75) is 47.1 Å². The lowest BCUT2D eigenvalue weighted by molar-refractivity contribution is 0.0917. The van der Waals surface area contributed by atoms with Gasteiger partial charge in [0.2, 0.25) is 0 Å². The maximum atomic E-state index is 12.2.